The van der Waals surface area contributed by atoms with Gasteiger partial charge in [-0.3, -0.25) is 4.98 Å². The predicted octanol–water partition coefficient (Wildman–Crippen LogP) is 1.99. The molecule has 1 rings (SSSR count). The minimum Gasteiger partial charge on any atom is -0.478 e. The number of anilines is 1. The Morgan fingerprint density at radius 1 is 1.75 bits per heavy atom. The maximum absolute atomic E-state index is 10.9. The molecule has 4 heteroatoms. The van der Waals surface area contributed by atoms with E-state index in [-0.39, 0.29) is 11.6 Å². The van der Waals surface area contributed by atoms with E-state index < -0.39 is 5.97 Å². The highest BCUT2D eigenvalue weighted by molar-refractivity contribution is 5.93. The number of carbonyl (C=O) groups is 1. The van der Waals surface area contributed by atoms with E-state index in [9.17, 15) is 4.79 Å². The van der Waals surface area contributed by atoms with Gasteiger partial charge in [0.2, 0.25) is 0 Å². The number of aromatic carboxylic acids is 1. The van der Waals surface area contributed by atoms with Gasteiger partial charge in [-0.1, -0.05) is 19.3 Å². The number of nitrogens with zero attached hydrogens (tertiary/aromatic N) is 1. The lowest BCUT2D eigenvalue weighted by molar-refractivity contribution is 0.0697. The molecule has 0 aliphatic carbocycles. The molecule has 0 spiro atoms. The third kappa shape index (κ3) is 2.99. The van der Waals surface area contributed by atoms with E-state index in [2.05, 4.69) is 16.2 Å². The summed E-state index contributed by atoms with van der Waals surface area (Å²) in [5.74, 6) is 1.58. The molecular weight excluding hydrogens is 204 g/mol. The van der Waals surface area contributed by atoms with Crippen LogP contribution in [0.3, 0.4) is 0 Å². The van der Waals surface area contributed by atoms with Crippen LogP contribution in [-0.2, 0) is 0 Å². The Balaban J connectivity index is 2.88. The van der Waals surface area contributed by atoms with Crippen LogP contribution in [0.4, 0.5) is 5.69 Å². The minimum absolute atomic E-state index is 0.138. The summed E-state index contributed by atoms with van der Waals surface area (Å²) in [4.78, 5) is 14.7. The molecule has 84 valence electrons. The van der Waals surface area contributed by atoms with Crippen molar-refractivity contribution < 1.29 is 9.90 Å². The fourth-order valence-electron chi connectivity index (χ4n) is 1.36. The molecule has 0 bridgehead atoms. The van der Waals surface area contributed by atoms with E-state index in [1.807, 2.05) is 6.92 Å². The van der Waals surface area contributed by atoms with E-state index in [0.717, 1.165) is 12.8 Å². The van der Waals surface area contributed by atoms with Gasteiger partial charge < -0.3 is 10.4 Å². The molecule has 2 N–H and O–H groups in total. The normalized spacial score (nSPS) is 11.5. The molecule has 4 nitrogen and oxygen atoms in total. The van der Waals surface area contributed by atoms with Crippen LogP contribution in [0.1, 0.15) is 30.1 Å². The lowest BCUT2D eigenvalue weighted by atomic mass is 10.1. The van der Waals surface area contributed by atoms with Gasteiger partial charge in [0.1, 0.15) is 5.56 Å². The van der Waals surface area contributed by atoms with Gasteiger partial charge in [-0.15, -0.1) is 6.42 Å². The average molecular weight is 218 g/mol. The fourth-order valence-corrected chi connectivity index (χ4v) is 1.36. The lowest BCUT2D eigenvalue weighted by Crippen LogP contribution is -2.18. The number of hydrogen-bond acceptors (Lipinski definition) is 3. The number of carboxylic acid groups (broad SMARTS) is 1. The number of rotatable bonds is 5. The van der Waals surface area contributed by atoms with Crippen molar-refractivity contribution in [3.05, 3.63) is 24.0 Å². The summed E-state index contributed by atoms with van der Waals surface area (Å²) in [6.45, 7) is 2.02. The number of carboxylic acids is 1. The first-order valence-electron chi connectivity index (χ1n) is 5.09. The van der Waals surface area contributed by atoms with Crippen LogP contribution in [0.5, 0.6) is 0 Å². The highest BCUT2D eigenvalue weighted by Crippen LogP contribution is 2.15. The van der Waals surface area contributed by atoms with Gasteiger partial charge in [-0.2, -0.15) is 0 Å². The van der Waals surface area contributed by atoms with Gasteiger partial charge >= 0.3 is 5.97 Å². The van der Waals surface area contributed by atoms with Crippen LogP contribution in [-0.4, -0.2) is 22.1 Å². The van der Waals surface area contributed by atoms with Crippen molar-refractivity contribution in [3.8, 4) is 12.3 Å². The zero-order chi connectivity index (χ0) is 12.0. The van der Waals surface area contributed by atoms with Gasteiger partial charge in [-0.25, -0.2) is 4.79 Å². The second kappa shape index (κ2) is 5.76. The quantitative estimate of drug-likeness (QED) is 0.742. The molecule has 1 aromatic rings. The Morgan fingerprint density at radius 3 is 3.06 bits per heavy atom. The van der Waals surface area contributed by atoms with Gasteiger partial charge in [0.15, 0.2) is 0 Å². The third-order valence-corrected chi connectivity index (χ3v) is 2.16. The summed E-state index contributed by atoms with van der Waals surface area (Å²) in [6, 6.07) is 1.47. The summed E-state index contributed by atoms with van der Waals surface area (Å²) in [5, 5.41) is 12.0. The Labute approximate surface area is 94.7 Å². The van der Waals surface area contributed by atoms with Gasteiger partial charge in [0, 0.05) is 12.4 Å². The van der Waals surface area contributed by atoms with Crippen molar-refractivity contribution in [1.29, 1.82) is 0 Å². The molecule has 0 aliphatic rings. The summed E-state index contributed by atoms with van der Waals surface area (Å²) in [5.41, 5.74) is 0.651. The van der Waals surface area contributed by atoms with Crippen LogP contribution in [0.2, 0.25) is 0 Å². The second-order valence-electron chi connectivity index (χ2n) is 3.38. The van der Waals surface area contributed by atoms with E-state index >= 15 is 0 Å². The molecule has 1 aromatic heterocycles. The van der Waals surface area contributed by atoms with Gasteiger partial charge in [0.25, 0.3) is 0 Å². The SMILES string of the molecule is C#CC(CCC)Nc1ccncc1C(=O)O. The third-order valence-electron chi connectivity index (χ3n) is 2.16. The largest absolute Gasteiger partial charge is 0.478 e. The fraction of sp³-hybridized carbons (Fsp3) is 0.333. The van der Waals surface area contributed by atoms with Crippen LogP contribution < -0.4 is 5.32 Å². The topological polar surface area (TPSA) is 62.2 Å². The monoisotopic (exact) mass is 218 g/mol. The molecular formula is C12H14N2O2. The van der Waals surface area contributed by atoms with Crippen molar-refractivity contribution in [3.63, 3.8) is 0 Å². The van der Waals surface area contributed by atoms with Crippen LogP contribution in [0.25, 0.3) is 0 Å². The highest BCUT2D eigenvalue weighted by Gasteiger charge is 2.12. The molecule has 0 radical (unpaired) electrons. The zero-order valence-corrected chi connectivity index (χ0v) is 9.10. The lowest BCUT2D eigenvalue weighted by Gasteiger charge is -2.14. The Bertz CT molecular complexity index is 410. The van der Waals surface area contributed by atoms with Crippen LogP contribution in [0, 0.1) is 12.3 Å². The molecule has 0 aliphatic heterocycles. The average Bonchev–Trinajstić information content (AvgIpc) is 2.29. The van der Waals surface area contributed by atoms with E-state index in [0.29, 0.717) is 5.69 Å². The Hall–Kier alpha value is -2.02. The van der Waals surface area contributed by atoms with E-state index in [1.54, 1.807) is 6.07 Å². The number of pyridine rings is 1. The first-order chi connectivity index (χ1) is 7.69. The van der Waals surface area contributed by atoms with Crippen molar-refractivity contribution >= 4 is 11.7 Å². The van der Waals surface area contributed by atoms with Crippen LogP contribution >= 0.6 is 0 Å². The molecule has 0 fully saturated rings. The number of nitrogens with one attached hydrogen (secondary N) is 1. The smallest absolute Gasteiger partial charge is 0.339 e. The molecule has 0 saturated carbocycles. The molecule has 1 unspecified atom stereocenters. The number of hydrogen-bond donors (Lipinski definition) is 2. The Kier molecular flexibility index (Phi) is 4.34. The van der Waals surface area contributed by atoms with Crippen molar-refractivity contribution in [2.75, 3.05) is 5.32 Å². The second-order valence-corrected chi connectivity index (χ2v) is 3.38. The van der Waals surface area contributed by atoms with Crippen molar-refractivity contribution in [2.45, 2.75) is 25.8 Å². The zero-order valence-electron chi connectivity index (χ0n) is 9.10. The van der Waals surface area contributed by atoms with Crippen molar-refractivity contribution in [1.82, 2.24) is 4.98 Å². The first kappa shape index (κ1) is 12.1. The molecule has 1 atom stereocenters. The van der Waals surface area contributed by atoms with Gasteiger partial charge in [-0.05, 0) is 12.5 Å². The molecule has 16 heavy (non-hydrogen) atoms. The predicted molar refractivity (Wildman–Crippen MR) is 62.3 cm³/mol. The summed E-state index contributed by atoms with van der Waals surface area (Å²) in [6.07, 6.45) is 9.95. The highest BCUT2D eigenvalue weighted by atomic mass is 16.4. The Morgan fingerprint density at radius 2 is 2.50 bits per heavy atom. The summed E-state index contributed by atoms with van der Waals surface area (Å²) in [7, 11) is 0. The molecule has 0 aromatic carbocycles. The molecule has 1 heterocycles. The first-order valence-corrected chi connectivity index (χ1v) is 5.09. The van der Waals surface area contributed by atoms with Crippen molar-refractivity contribution in [2.24, 2.45) is 0 Å². The summed E-state index contributed by atoms with van der Waals surface area (Å²) >= 11 is 0. The minimum atomic E-state index is -1.01. The van der Waals surface area contributed by atoms with Gasteiger partial charge in [0.05, 0.1) is 11.7 Å². The number of aromatic nitrogens is 1. The van der Waals surface area contributed by atoms with E-state index in [1.165, 1.54) is 12.4 Å². The standard InChI is InChI=1S/C12H14N2O2/c1-3-5-9(4-2)14-11-6-7-13-8-10(11)12(15)16/h2,6-9H,3,5H2,1H3,(H,13,14)(H,15,16). The maximum Gasteiger partial charge on any atom is 0.339 e. The van der Waals surface area contributed by atoms with Crippen LogP contribution in [0.15, 0.2) is 18.5 Å². The summed E-state index contributed by atoms with van der Waals surface area (Å²) < 4.78 is 0. The van der Waals surface area contributed by atoms with E-state index in [4.69, 9.17) is 11.5 Å². The maximum atomic E-state index is 10.9. The molecule has 0 saturated heterocycles. The molecule has 0 amide bonds. The number of terminal acetylenes is 1.